The molecule has 0 bridgehead atoms. The molecule has 1 amide bonds. The van der Waals surface area contributed by atoms with Crippen LogP contribution in [-0.4, -0.2) is 46.9 Å². The minimum atomic E-state index is -0.778. The monoisotopic (exact) mass is 794 g/mol. The SMILES string of the molecule is CCCCCCCCCCCCCCCCCC(O)C(CO)NC(=O)CC(CCCCCCCCCCCC)OC(=O)CCCCCCCCCCCCCC. The summed E-state index contributed by atoms with van der Waals surface area (Å²) in [4.78, 5) is 26.0. The van der Waals surface area contributed by atoms with E-state index in [1.54, 1.807) is 0 Å². The molecule has 0 aliphatic heterocycles. The lowest BCUT2D eigenvalue weighted by Crippen LogP contribution is -2.46. The Morgan fingerprint density at radius 1 is 0.446 bits per heavy atom. The average molecular weight is 794 g/mol. The number of ether oxygens (including phenoxy) is 1. The molecule has 3 N–H and O–H groups in total. The Labute approximate surface area is 349 Å². The normalized spacial score (nSPS) is 13.2. The van der Waals surface area contributed by atoms with E-state index in [9.17, 15) is 19.8 Å². The quantitative estimate of drug-likeness (QED) is 0.0421. The van der Waals surface area contributed by atoms with Crippen LogP contribution in [0.15, 0.2) is 0 Å². The van der Waals surface area contributed by atoms with Crippen LogP contribution >= 0.6 is 0 Å². The molecule has 0 aliphatic carbocycles. The Balaban J connectivity index is 4.44. The zero-order valence-corrected chi connectivity index (χ0v) is 38.0. The van der Waals surface area contributed by atoms with E-state index in [0.717, 1.165) is 44.9 Å². The molecule has 0 rings (SSSR count). The topological polar surface area (TPSA) is 95.9 Å². The molecule has 0 spiro atoms. The summed E-state index contributed by atoms with van der Waals surface area (Å²) in [5, 5.41) is 23.7. The van der Waals surface area contributed by atoms with Crippen LogP contribution in [0.1, 0.15) is 284 Å². The minimum Gasteiger partial charge on any atom is -0.462 e. The summed E-state index contributed by atoms with van der Waals surface area (Å²) >= 11 is 0. The number of unbranched alkanes of at least 4 members (excludes halogenated alkanes) is 34. The fourth-order valence-electron chi connectivity index (χ4n) is 8.08. The van der Waals surface area contributed by atoms with Gasteiger partial charge in [-0.1, -0.05) is 245 Å². The van der Waals surface area contributed by atoms with E-state index in [-0.39, 0.29) is 24.9 Å². The summed E-state index contributed by atoms with van der Waals surface area (Å²) in [5.41, 5.74) is 0. The molecular formula is C50H99NO5. The first-order valence-corrected chi connectivity index (χ1v) is 25.3. The average Bonchev–Trinajstić information content (AvgIpc) is 3.19. The number of carbonyl (C=O) groups is 2. The molecule has 0 aromatic rings. The molecule has 6 nitrogen and oxygen atoms in total. The molecule has 0 aliphatic rings. The van der Waals surface area contributed by atoms with Crippen molar-refractivity contribution >= 4 is 11.9 Å². The van der Waals surface area contributed by atoms with Crippen molar-refractivity contribution in [2.24, 2.45) is 0 Å². The predicted octanol–water partition coefficient (Wildman–Crippen LogP) is 14.8. The number of rotatable bonds is 46. The van der Waals surface area contributed by atoms with Crippen LogP contribution in [0.4, 0.5) is 0 Å². The highest BCUT2D eigenvalue weighted by Gasteiger charge is 2.24. The van der Waals surface area contributed by atoms with Gasteiger partial charge in [0.15, 0.2) is 0 Å². The standard InChI is InChI=1S/C50H99NO5/c1-4-7-10-13-16-19-22-24-25-26-27-30-33-36-39-42-48(53)47(45-52)51-49(54)44-46(41-38-35-32-29-21-18-15-12-9-6-3)56-50(55)43-40-37-34-31-28-23-20-17-14-11-8-5-2/h46-48,52-53H,4-45H2,1-3H3,(H,51,54). The number of esters is 1. The van der Waals surface area contributed by atoms with Crippen molar-refractivity contribution in [2.45, 2.75) is 302 Å². The van der Waals surface area contributed by atoms with Gasteiger partial charge in [0, 0.05) is 6.42 Å². The van der Waals surface area contributed by atoms with Gasteiger partial charge in [-0.15, -0.1) is 0 Å². The molecule has 334 valence electrons. The van der Waals surface area contributed by atoms with Crippen LogP contribution in [0.2, 0.25) is 0 Å². The number of aliphatic hydroxyl groups excluding tert-OH is 2. The summed E-state index contributed by atoms with van der Waals surface area (Å²) in [6.07, 6.45) is 47.3. The zero-order valence-electron chi connectivity index (χ0n) is 38.0. The third-order valence-electron chi connectivity index (χ3n) is 11.9. The van der Waals surface area contributed by atoms with Gasteiger partial charge < -0.3 is 20.3 Å². The van der Waals surface area contributed by atoms with E-state index in [0.29, 0.717) is 19.3 Å². The highest BCUT2D eigenvalue weighted by atomic mass is 16.5. The van der Waals surface area contributed by atoms with Crippen molar-refractivity contribution in [3.8, 4) is 0 Å². The summed E-state index contributed by atoms with van der Waals surface area (Å²) in [6, 6.07) is -0.691. The van der Waals surface area contributed by atoms with Crippen molar-refractivity contribution in [3.05, 3.63) is 0 Å². The van der Waals surface area contributed by atoms with Gasteiger partial charge in [-0.3, -0.25) is 9.59 Å². The van der Waals surface area contributed by atoms with Crippen molar-refractivity contribution in [1.82, 2.24) is 5.32 Å². The van der Waals surface area contributed by atoms with E-state index in [2.05, 4.69) is 26.1 Å². The molecule has 0 fully saturated rings. The molecule has 3 atom stereocenters. The highest BCUT2D eigenvalue weighted by molar-refractivity contribution is 5.77. The molecule has 0 radical (unpaired) electrons. The molecule has 0 aromatic carbocycles. The lowest BCUT2D eigenvalue weighted by Gasteiger charge is -2.24. The van der Waals surface area contributed by atoms with Gasteiger partial charge in [0.2, 0.25) is 5.91 Å². The molecule has 0 saturated carbocycles. The molecule has 0 aromatic heterocycles. The number of hydrogen-bond donors (Lipinski definition) is 3. The Kier molecular flexibility index (Phi) is 44.0. The van der Waals surface area contributed by atoms with Crippen LogP contribution in [-0.2, 0) is 14.3 Å². The maximum atomic E-state index is 13.2. The van der Waals surface area contributed by atoms with Gasteiger partial charge in [-0.2, -0.15) is 0 Å². The third-order valence-corrected chi connectivity index (χ3v) is 11.9. The van der Waals surface area contributed by atoms with Crippen LogP contribution in [0.25, 0.3) is 0 Å². The lowest BCUT2D eigenvalue weighted by atomic mass is 10.0. The fourth-order valence-corrected chi connectivity index (χ4v) is 8.08. The fraction of sp³-hybridized carbons (Fsp3) is 0.960. The zero-order chi connectivity index (χ0) is 41.0. The van der Waals surface area contributed by atoms with Crippen molar-refractivity contribution < 1.29 is 24.5 Å². The first-order chi connectivity index (χ1) is 27.5. The number of amides is 1. The maximum Gasteiger partial charge on any atom is 0.306 e. The van der Waals surface area contributed by atoms with Gasteiger partial charge >= 0.3 is 5.97 Å². The first kappa shape index (κ1) is 54.9. The molecule has 6 heteroatoms. The van der Waals surface area contributed by atoms with Crippen molar-refractivity contribution in [1.29, 1.82) is 0 Å². The number of hydrogen-bond acceptors (Lipinski definition) is 5. The largest absolute Gasteiger partial charge is 0.462 e. The molecule has 0 saturated heterocycles. The van der Waals surface area contributed by atoms with E-state index in [4.69, 9.17) is 4.74 Å². The van der Waals surface area contributed by atoms with Crippen LogP contribution in [0.3, 0.4) is 0 Å². The lowest BCUT2D eigenvalue weighted by molar-refractivity contribution is -0.151. The molecule has 3 unspecified atom stereocenters. The molecule has 0 heterocycles. The van der Waals surface area contributed by atoms with Gasteiger partial charge in [0.1, 0.15) is 6.10 Å². The smallest absolute Gasteiger partial charge is 0.306 e. The Hall–Kier alpha value is -1.14. The van der Waals surface area contributed by atoms with Gasteiger partial charge in [0.05, 0.1) is 25.2 Å². The highest BCUT2D eigenvalue weighted by Crippen LogP contribution is 2.18. The molecule has 56 heavy (non-hydrogen) atoms. The summed E-state index contributed by atoms with van der Waals surface area (Å²) in [7, 11) is 0. The van der Waals surface area contributed by atoms with Gasteiger partial charge in [-0.25, -0.2) is 0 Å². The van der Waals surface area contributed by atoms with Crippen molar-refractivity contribution in [3.63, 3.8) is 0 Å². The van der Waals surface area contributed by atoms with E-state index in [1.165, 1.54) is 193 Å². The van der Waals surface area contributed by atoms with Crippen LogP contribution in [0, 0.1) is 0 Å². The van der Waals surface area contributed by atoms with Gasteiger partial charge in [0.25, 0.3) is 0 Å². The second-order valence-electron chi connectivity index (χ2n) is 17.6. The Morgan fingerprint density at radius 3 is 1.09 bits per heavy atom. The number of carbonyl (C=O) groups excluding carboxylic acids is 2. The number of aliphatic hydroxyl groups is 2. The Bertz CT molecular complexity index is 806. The maximum absolute atomic E-state index is 13.2. The van der Waals surface area contributed by atoms with E-state index < -0.39 is 18.2 Å². The predicted molar refractivity (Wildman–Crippen MR) is 241 cm³/mol. The van der Waals surface area contributed by atoms with Crippen LogP contribution < -0.4 is 5.32 Å². The van der Waals surface area contributed by atoms with E-state index >= 15 is 0 Å². The summed E-state index contributed by atoms with van der Waals surface area (Å²) < 4.78 is 5.91. The second kappa shape index (κ2) is 45.0. The number of nitrogens with one attached hydrogen (secondary N) is 1. The van der Waals surface area contributed by atoms with Crippen LogP contribution in [0.5, 0.6) is 0 Å². The summed E-state index contributed by atoms with van der Waals surface area (Å²) in [5.74, 6) is -0.455. The van der Waals surface area contributed by atoms with Crippen molar-refractivity contribution in [2.75, 3.05) is 6.61 Å². The minimum absolute atomic E-state index is 0.0871. The second-order valence-corrected chi connectivity index (χ2v) is 17.6. The molecular weight excluding hydrogens is 695 g/mol. The van der Waals surface area contributed by atoms with Gasteiger partial charge in [-0.05, 0) is 25.7 Å². The Morgan fingerprint density at radius 2 is 0.750 bits per heavy atom. The summed E-state index contributed by atoms with van der Waals surface area (Å²) in [6.45, 7) is 6.49. The first-order valence-electron chi connectivity index (χ1n) is 25.3. The third kappa shape index (κ3) is 39.7. The van der Waals surface area contributed by atoms with E-state index in [1.807, 2.05) is 0 Å².